The largest absolute Gasteiger partial charge is 0.310 e. The first-order valence-corrected chi connectivity index (χ1v) is 6.81. The lowest BCUT2D eigenvalue weighted by Gasteiger charge is -2.30. The summed E-state index contributed by atoms with van der Waals surface area (Å²) in [5, 5.41) is 3.78. The summed E-state index contributed by atoms with van der Waals surface area (Å²) in [6.45, 7) is 5.10. The van der Waals surface area contributed by atoms with Crippen molar-refractivity contribution in [3.63, 3.8) is 0 Å². The van der Waals surface area contributed by atoms with Crippen molar-refractivity contribution in [2.45, 2.75) is 63.6 Å². The SMILES string of the molecule is CC1CCC(N2CCC3CCC(C2)N3)C1. The molecule has 2 saturated heterocycles. The fourth-order valence-electron chi connectivity index (χ4n) is 3.81. The van der Waals surface area contributed by atoms with Gasteiger partial charge >= 0.3 is 0 Å². The predicted molar refractivity (Wildman–Crippen MR) is 62.9 cm³/mol. The molecule has 1 aliphatic carbocycles. The van der Waals surface area contributed by atoms with Gasteiger partial charge in [0.05, 0.1) is 0 Å². The maximum absolute atomic E-state index is 3.78. The minimum Gasteiger partial charge on any atom is -0.310 e. The molecule has 1 N–H and O–H groups in total. The molecule has 0 aromatic carbocycles. The third-order valence-corrected chi connectivity index (χ3v) is 4.74. The molecule has 15 heavy (non-hydrogen) atoms. The van der Waals surface area contributed by atoms with Gasteiger partial charge in [-0.2, -0.15) is 0 Å². The van der Waals surface area contributed by atoms with Crippen LogP contribution in [-0.2, 0) is 0 Å². The van der Waals surface area contributed by atoms with E-state index in [-0.39, 0.29) is 0 Å². The summed E-state index contributed by atoms with van der Waals surface area (Å²) in [5.41, 5.74) is 0. The van der Waals surface area contributed by atoms with Crippen LogP contribution in [0.1, 0.15) is 45.4 Å². The maximum Gasteiger partial charge on any atom is 0.0198 e. The molecule has 0 spiro atoms. The number of nitrogens with one attached hydrogen (secondary N) is 1. The third-order valence-electron chi connectivity index (χ3n) is 4.74. The fourth-order valence-corrected chi connectivity index (χ4v) is 3.81. The van der Waals surface area contributed by atoms with Crippen LogP contribution in [0.25, 0.3) is 0 Å². The van der Waals surface area contributed by atoms with Crippen LogP contribution >= 0.6 is 0 Å². The van der Waals surface area contributed by atoms with Crippen molar-refractivity contribution in [1.29, 1.82) is 0 Å². The Hall–Kier alpha value is -0.0800. The zero-order valence-corrected chi connectivity index (χ0v) is 9.91. The molecule has 86 valence electrons. The van der Waals surface area contributed by atoms with Crippen molar-refractivity contribution >= 4 is 0 Å². The Morgan fingerprint density at radius 1 is 1.00 bits per heavy atom. The van der Waals surface area contributed by atoms with Crippen LogP contribution in [0.5, 0.6) is 0 Å². The molecule has 2 nitrogen and oxygen atoms in total. The van der Waals surface area contributed by atoms with Crippen molar-refractivity contribution in [2.24, 2.45) is 5.92 Å². The normalized spacial score (nSPS) is 47.0. The highest BCUT2D eigenvalue weighted by molar-refractivity contribution is 4.92. The second-order valence-corrected chi connectivity index (χ2v) is 5.99. The number of hydrogen-bond acceptors (Lipinski definition) is 2. The van der Waals surface area contributed by atoms with Crippen LogP contribution < -0.4 is 5.32 Å². The molecule has 2 heteroatoms. The summed E-state index contributed by atoms with van der Waals surface area (Å²) in [5.74, 6) is 0.975. The topological polar surface area (TPSA) is 15.3 Å². The highest BCUT2D eigenvalue weighted by atomic mass is 15.2. The number of fused-ring (bicyclic) bond motifs is 2. The maximum atomic E-state index is 3.78. The number of nitrogens with zero attached hydrogens (tertiary/aromatic N) is 1. The van der Waals surface area contributed by atoms with Crippen LogP contribution in [-0.4, -0.2) is 36.1 Å². The first-order chi connectivity index (χ1) is 7.31. The van der Waals surface area contributed by atoms with Gasteiger partial charge in [-0.05, 0) is 51.0 Å². The van der Waals surface area contributed by atoms with Crippen LogP contribution in [0.15, 0.2) is 0 Å². The molecule has 4 atom stereocenters. The Morgan fingerprint density at radius 2 is 1.87 bits per heavy atom. The van der Waals surface area contributed by atoms with E-state index in [2.05, 4.69) is 17.1 Å². The summed E-state index contributed by atoms with van der Waals surface area (Å²) < 4.78 is 0. The van der Waals surface area contributed by atoms with E-state index in [0.29, 0.717) is 0 Å². The van der Waals surface area contributed by atoms with Gasteiger partial charge in [-0.3, -0.25) is 4.90 Å². The smallest absolute Gasteiger partial charge is 0.0198 e. The summed E-state index contributed by atoms with van der Waals surface area (Å²) in [6.07, 6.45) is 8.61. The van der Waals surface area contributed by atoms with Crippen molar-refractivity contribution < 1.29 is 0 Å². The first kappa shape index (κ1) is 10.1. The first-order valence-electron chi connectivity index (χ1n) is 6.81. The standard InChI is InChI=1S/C13H24N2/c1-10-2-5-13(8-10)15-7-6-11-3-4-12(9-15)14-11/h10-14H,2-9H2,1H3. The van der Waals surface area contributed by atoms with E-state index in [1.165, 1.54) is 51.6 Å². The molecular formula is C13H24N2. The molecule has 3 rings (SSSR count). The van der Waals surface area contributed by atoms with Crippen LogP contribution in [0.2, 0.25) is 0 Å². The van der Waals surface area contributed by atoms with Gasteiger partial charge < -0.3 is 5.32 Å². The zero-order valence-electron chi connectivity index (χ0n) is 9.91. The van der Waals surface area contributed by atoms with Crippen molar-refractivity contribution in [2.75, 3.05) is 13.1 Å². The van der Waals surface area contributed by atoms with E-state index >= 15 is 0 Å². The fraction of sp³-hybridized carbons (Fsp3) is 1.00. The van der Waals surface area contributed by atoms with E-state index in [1.807, 2.05) is 0 Å². The summed E-state index contributed by atoms with van der Waals surface area (Å²) in [7, 11) is 0. The van der Waals surface area contributed by atoms with Gasteiger partial charge in [0.1, 0.15) is 0 Å². The average molecular weight is 208 g/mol. The van der Waals surface area contributed by atoms with Gasteiger partial charge in [-0.25, -0.2) is 0 Å². The van der Waals surface area contributed by atoms with E-state index in [4.69, 9.17) is 0 Å². The molecule has 1 saturated carbocycles. The van der Waals surface area contributed by atoms with Gasteiger partial charge in [0, 0.05) is 24.7 Å². The van der Waals surface area contributed by atoms with Gasteiger partial charge in [-0.1, -0.05) is 6.92 Å². The Balaban J connectivity index is 1.62. The Kier molecular flexibility index (Phi) is 2.73. The summed E-state index contributed by atoms with van der Waals surface area (Å²) in [4.78, 5) is 2.79. The van der Waals surface area contributed by atoms with Crippen molar-refractivity contribution in [3.8, 4) is 0 Å². The molecule has 4 unspecified atom stereocenters. The quantitative estimate of drug-likeness (QED) is 0.709. The van der Waals surface area contributed by atoms with E-state index in [1.54, 1.807) is 0 Å². The predicted octanol–water partition coefficient (Wildman–Crippen LogP) is 2.00. The molecule has 0 aromatic rings. The molecule has 2 bridgehead atoms. The van der Waals surface area contributed by atoms with E-state index in [0.717, 1.165) is 24.0 Å². The van der Waals surface area contributed by atoms with Crippen LogP contribution in [0.4, 0.5) is 0 Å². The highest BCUT2D eigenvalue weighted by Gasteiger charge is 2.34. The molecule has 2 aliphatic heterocycles. The molecule has 0 amide bonds. The zero-order chi connectivity index (χ0) is 10.3. The lowest BCUT2D eigenvalue weighted by Crippen LogP contribution is -2.40. The summed E-state index contributed by atoms with van der Waals surface area (Å²) >= 11 is 0. The average Bonchev–Trinajstić information content (AvgIpc) is 2.74. The molecule has 0 aromatic heterocycles. The van der Waals surface area contributed by atoms with Gasteiger partial charge in [0.25, 0.3) is 0 Å². The lowest BCUT2D eigenvalue weighted by atomic mass is 10.1. The van der Waals surface area contributed by atoms with Gasteiger partial charge in [0.2, 0.25) is 0 Å². The minimum atomic E-state index is 0.813. The van der Waals surface area contributed by atoms with Crippen molar-refractivity contribution in [1.82, 2.24) is 10.2 Å². The summed E-state index contributed by atoms with van der Waals surface area (Å²) in [6, 6.07) is 2.58. The molecule has 0 radical (unpaired) electrons. The number of hydrogen-bond donors (Lipinski definition) is 1. The molecular weight excluding hydrogens is 184 g/mol. The Morgan fingerprint density at radius 3 is 2.67 bits per heavy atom. The van der Waals surface area contributed by atoms with Crippen LogP contribution in [0, 0.1) is 5.92 Å². The minimum absolute atomic E-state index is 0.813. The van der Waals surface area contributed by atoms with E-state index in [9.17, 15) is 0 Å². The lowest BCUT2D eigenvalue weighted by molar-refractivity contribution is 0.186. The highest BCUT2D eigenvalue weighted by Crippen LogP contribution is 2.31. The van der Waals surface area contributed by atoms with Crippen LogP contribution in [0.3, 0.4) is 0 Å². The molecule has 3 fully saturated rings. The van der Waals surface area contributed by atoms with Gasteiger partial charge in [-0.15, -0.1) is 0 Å². The number of rotatable bonds is 1. The third kappa shape index (κ3) is 2.07. The molecule has 3 aliphatic rings. The van der Waals surface area contributed by atoms with E-state index < -0.39 is 0 Å². The van der Waals surface area contributed by atoms with Gasteiger partial charge in [0.15, 0.2) is 0 Å². The monoisotopic (exact) mass is 208 g/mol. The Bertz CT molecular complexity index is 229. The van der Waals surface area contributed by atoms with Crippen molar-refractivity contribution in [3.05, 3.63) is 0 Å². The Labute approximate surface area is 93.4 Å². The second-order valence-electron chi connectivity index (χ2n) is 5.99. The second kappa shape index (κ2) is 4.06. The number of likely N-dealkylation sites (tertiary alicyclic amines) is 1. The molecule has 2 heterocycles.